The predicted molar refractivity (Wildman–Crippen MR) is 64.7 cm³/mol. The molecule has 0 aliphatic heterocycles. The topological polar surface area (TPSA) is 85.1 Å². The maximum Gasteiger partial charge on any atom is 0.261 e. The highest BCUT2D eigenvalue weighted by atomic mass is 32.2. The quantitative estimate of drug-likeness (QED) is 0.851. The van der Waals surface area contributed by atoms with Gasteiger partial charge in [0.15, 0.2) is 5.82 Å². The zero-order valence-corrected chi connectivity index (χ0v) is 10.7. The lowest BCUT2D eigenvalue weighted by Crippen LogP contribution is -2.49. The van der Waals surface area contributed by atoms with Crippen LogP contribution in [0.2, 0.25) is 0 Å². The highest BCUT2D eigenvalue weighted by Gasteiger charge is 2.29. The number of halogens is 1. The molecule has 1 aliphatic rings. The Morgan fingerprint density at radius 3 is 2.78 bits per heavy atom. The van der Waals surface area contributed by atoms with Gasteiger partial charge < -0.3 is 5.73 Å². The van der Waals surface area contributed by atoms with Crippen molar-refractivity contribution < 1.29 is 12.8 Å². The van der Waals surface area contributed by atoms with Crippen LogP contribution < -0.4 is 10.5 Å². The van der Waals surface area contributed by atoms with Gasteiger partial charge in [0.2, 0.25) is 5.03 Å². The molecule has 0 radical (unpaired) electrons. The molecule has 1 fully saturated rings. The molecule has 0 spiro atoms. The number of hydrogen-bond acceptors (Lipinski definition) is 4. The smallest absolute Gasteiger partial charge is 0.261 e. The number of rotatable bonds is 3. The average molecular weight is 273 g/mol. The molecule has 3 N–H and O–H groups in total. The Balaban J connectivity index is 2.19. The van der Waals surface area contributed by atoms with Gasteiger partial charge in [0, 0.05) is 18.3 Å². The fourth-order valence-corrected chi connectivity index (χ4v) is 3.46. The van der Waals surface area contributed by atoms with Crippen LogP contribution in [0.1, 0.15) is 25.7 Å². The van der Waals surface area contributed by atoms with Crippen molar-refractivity contribution in [2.45, 2.75) is 42.8 Å². The van der Waals surface area contributed by atoms with E-state index in [4.69, 9.17) is 5.73 Å². The van der Waals surface area contributed by atoms with E-state index in [2.05, 4.69) is 9.71 Å². The SMILES string of the molecule is NC1CCCCC1NS(=O)(=O)c1ncccc1F. The largest absolute Gasteiger partial charge is 0.326 e. The van der Waals surface area contributed by atoms with E-state index in [-0.39, 0.29) is 12.1 Å². The number of nitrogens with zero attached hydrogens (tertiary/aromatic N) is 1. The number of sulfonamides is 1. The van der Waals surface area contributed by atoms with Crippen LogP contribution in [0.25, 0.3) is 0 Å². The van der Waals surface area contributed by atoms with Gasteiger partial charge in [-0.3, -0.25) is 0 Å². The van der Waals surface area contributed by atoms with Crippen LogP contribution in [0.3, 0.4) is 0 Å². The Morgan fingerprint density at radius 2 is 2.11 bits per heavy atom. The molecule has 1 heterocycles. The van der Waals surface area contributed by atoms with E-state index >= 15 is 0 Å². The third-order valence-electron chi connectivity index (χ3n) is 3.11. The summed E-state index contributed by atoms with van der Waals surface area (Å²) in [4.78, 5) is 3.57. The van der Waals surface area contributed by atoms with Gasteiger partial charge in [0.1, 0.15) is 0 Å². The van der Waals surface area contributed by atoms with Crippen LogP contribution in [-0.4, -0.2) is 25.5 Å². The van der Waals surface area contributed by atoms with Gasteiger partial charge in [0.05, 0.1) is 0 Å². The van der Waals surface area contributed by atoms with Crippen LogP contribution in [0.15, 0.2) is 23.4 Å². The lowest BCUT2D eigenvalue weighted by Gasteiger charge is -2.28. The molecular weight excluding hydrogens is 257 g/mol. The summed E-state index contributed by atoms with van der Waals surface area (Å²) in [6, 6.07) is 1.86. The fourth-order valence-electron chi connectivity index (χ4n) is 2.13. The summed E-state index contributed by atoms with van der Waals surface area (Å²) in [5.41, 5.74) is 5.86. The van der Waals surface area contributed by atoms with Crippen molar-refractivity contribution in [2.24, 2.45) is 5.73 Å². The Hall–Kier alpha value is -1.05. The number of nitrogens with two attached hydrogens (primary N) is 1. The normalized spacial score (nSPS) is 25.0. The summed E-state index contributed by atoms with van der Waals surface area (Å²) in [5, 5.41) is -0.567. The molecule has 100 valence electrons. The highest BCUT2D eigenvalue weighted by molar-refractivity contribution is 7.89. The standard InChI is InChI=1S/C11H16FN3O2S/c12-8-4-3-7-14-11(8)18(16,17)15-10-6-2-1-5-9(10)13/h3-4,7,9-10,15H,1-2,5-6,13H2. The van der Waals surface area contributed by atoms with Crippen LogP contribution in [-0.2, 0) is 10.0 Å². The van der Waals surface area contributed by atoms with Crippen LogP contribution in [0, 0.1) is 5.82 Å². The molecule has 1 saturated carbocycles. The van der Waals surface area contributed by atoms with E-state index < -0.39 is 20.9 Å². The van der Waals surface area contributed by atoms with Crippen LogP contribution in [0.4, 0.5) is 4.39 Å². The van der Waals surface area contributed by atoms with Crippen molar-refractivity contribution in [3.63, 3.8) is 0 Å². The van der Waals surface area contributed by atoms with Crippen molar-refractivity contribution in [1.82, 2.24) is 9.71 Å². The first kappa shape index (κ1) is 13.4. The number of aromatic nitrogens is 1. The molecule has 1 aromatic heterocycles. The molecule has 1 aliphatic carbocycles. The summed E-state index contributed by atoms with van der Waals surface area (Å²) in [7, 11) is -3.94. The maximum atomic E-state index is 13.4. The average Bonchev–Trinajstić information content (AvgIpc) is 2.32. The van der Waals surface area contributed by atoms with Gasteiger partial charge >= 0.3 is 0 Å². The highest BCUT2D eigenvalue weighted by Crippen LogP contribution is 2.19. The summed E-state index contributed by atoms with van der Waals surface area (Å²) < 4.78 is 39.9. The Labute approximate surface area is 106 Å². The molecule has 1 aromatic rings. The first-order chi connectivity index (χ1) is 8.50. The molecule has 2 atom stereocenters. The minimum absolute atomic E-state index is 0.222. The van der Waals surface area contributed by atoms with Gasteiger partial charge in [-0.1, -0.05) is 12.8 Å². The molecule has 0 amide bonds. The maximum absolute atomic E-state index is 13.4. The summed E-state index contributed by atoms with van der Waals surface area (Å²) >= 11 is 0. The molecule has 0 bridgehead atoms. The molecule has 0 saturated heterocycles. The number of hydrogen-bond donors (Lipinski definition) is 2. The molecule has 0 aromatic carbocycles. The van der Waals surface area contributed by atoms with Crippen LogP contribution in [0.5, 0.6) is 0 Å². The van der Waals surface area contributed by atoms with E-state index in [0.29, 0.717) is 6.42 Å². The van der Waals surface area contributed by atoms with E-state index in [1.807, 2.05) is 0 Å². The van der Waals surface area contributed by atoms with Gasteiger partial charge in [-0.2, -0.15) is 0 Å². The molecule has 2 unspecified atom stereocenters. The van der Waals surface area contributed by atoms with E-state index in [1.54, 1.807) is 0 Å². The first-order valence-corrected chi connectivity index (χ1v) is 7.37. The second-order valence-electron chi connectivity index (χ2n) is 4.47. The Morgan fingerprint density at radius 1 is 1.39 bits per heavy atom. The molecule has 18 heavy (non-hydrogen) atoms. The fraction of sp³-hybridized carbons (Fsp3) is 0.545. The van der Waals surface area contributed by atoms with E-state index in [1.165, 1.54) is 12.3 Å². The summed E-state index contributed by atoms with van der Waals surface area (Å²) in [5.74, 6) is -0.852. The lowest BCUT2D eigenvalue weighted by molar-refractivity contribution is 0.360. The molecular formula is C11H16FN3O2S. The second kappa shape index (κ2) is 5.29. The predicted octanol–water partition coefficient (Wildman–Crippen LogP) is 0.769. The zero-order chi connectivity index (χ0) is 13.2. The van der Waals surface area contributed by atoms with Gasteiger partial charge in [-0.25, -0.2) is 22.5 Å². The molecule has 2 rings (SSSR count). The molecule has 7 heteroatoms. The van der Waals surface area contributed by atoms with Crippen molar-refractivity contribution in [2.75, 3.05) is 0 Å². The second-order valence-corrected chi connectivity index (χ2v) is 6.10. The number of pyridine rings is 1. The van der Waals surface area contributed by atoms with E-state index in [9.17, 15) is 12.8 Å². The Kier molecular flexibility index (Phi) is 3.94. The summed E-state index contributed by atoms with van der Waals surface area (Å²) in [6.45, 7) is 0. The van der Waals surface area contributed by atoms with Crippen molar-refractivity contribution in [3.8, 4) is 0 Å². The van der Waals surface area contributed by atoms with Crippen molar-refractivity contribution >= 4 is 10.0 Å². The van der Waals surface area contributed by atoms with Gasteiger partial charge in [0.25, 0.3) is 10.0 Å². The molecule has 5 nitrogen and oxygen atoms in total. The van der Waals surface area contributed by atoms with Gasteiger partial charge in [-0.05, 0) is 25.0 Å². The van der Waals surface area contributed by atoms with Crippen LogP contribution >= 0.6 is 0 Å². The minimum Gasteiger partial charge on any atom is -0.326 e. The summed E-state index contributed by atoms with van der Waals surface area (Å²) in [6.07, 6.45) is 4.62. The Bertz CT molecular complexity index is 521. The zero-order valence-electron chi connectivity index (χ0n) is 9.84. The van der Waals surface area contributed by atoms with E-state index in [0.717, 1.165) is 25.3 Å². The minimum atomic E-state index is -3.94. The third kappa shape index (κ3) is 2.85. The monoisotopic (exact) mass is 273 g/mol. The van der Waals surface area contributed by atoms with Gasteiger partial charge in [-0.15, -0.1) is 0 Å². The third-order valence-corrected chi connectivity index (χ3v) is 4.53. The lowest BCUT2D eigenvalue weighted by atomic mass is 9.92. The first-order valence-electron chi connectivity index (χ1n) is 5.89. The van der Waals surface area contributed by atoms with Crippen molar-refractivity contribution in [1.29, 1.82) is 0 Å². The van der Waals surface area contributed by atoms with Crippen molar-refractivity contribution in [3.05, 3.63) is 24.1 Å². The number of nitrogens with one attached hydrogen (secondary N) is 1.